The van der Waals surface area contributed by atoms with Crippen LogP contribution in [-0.2, 0) is 24.2 Å². The van der Waals surface area contributed by atoms with Crippen LogP contribution in [0.15, 0.2) is 23.6 Å². The molecule has 1 aliphatic rings. The maximum absolute atomic E-state index is 12.5. The van der Waals surface area contributed by atoms with Crippen molar-refractivity contribution in [3.63, 3.8) is 0 Å². The van der Waals surface area contributed by atoms with Crippen LogP contribution in [0.4, 0.5) is 5.13 Å². The van der Waals surface area contributed by atoms with Crippen molar-refractivity contribution in [1.82, 2.24) is 25.2 Å². The number of anilines is 1. The molecular weight excluding hydrogens is 407 g/mol. The molecule has 0 amide bonds. The SMILES string of the molecule is CC(=O)c1cccc2c1OB(O)[C@@H](CC(=O)Cc1nnn(Cc3csc(N)n3)n1)C2. The highest BCUT2D eigenvalue weighted by Gasteiger charge is 2.37. The molecule has 0 aliphatic carbocycles. The van der Waals surface area contributed by atoms with Gasteiger partial charge < -0.3 is 15.4 Å². The van der Waals surface area contributed by atoms with Gasteiger partial charge in [0.05, 0.1) is 17.7 Å². The molecule has 0 saturated carbocycles. The number of Topliss-reactive ketones (excluding diaryl/α,β-unsaturated/α-hetero) is 2. The number of nitrogens with two attached hydrogens (primary N) is 1. The van der Waals surface area contributed by atoms with E-state index in [0.717, 1.165) is 11.3 Å². The number of tetrazole rings is 1. The molecule has 0 bridgehead atoms. The number of hydrogen-bond donors (Lipinski definition) is 2. The van der Waals surface area contributed by atoms with Crippen LogP contribution < -0.4 is 10.4 Å². The quantitative estimate of drug-likeness (QED) is 0.416. The van der Waals surface area contributed by atoms with E-state index in [4.69, 9.17) is 10.4 Å². The molecule has 12 heteroatoms. The van der Waals surface area contributed by atoms with Crippen LogP contribution in [0.2, 0.25) is 5.82 Å². The summed E-state index contributed by atoms with van der Waals surface area (Å²) < 4.78 is 5.58. The smallest absolute Gasteiger partial charge is 0.526 e. The first-order chi connectivity index (χ1) is 14.4. The largest absolute Gasteiger partial charge is 0.535 e. The third-order valence-electron chi connectivity index (χ3n) is 4.81. The van der Waals surface area contributed by atoms with Gasteiger partial charge in [0.1, 0.15) is 18.1 Å². The number of nitrogen functional groups attached to an aromatic ring is 1. The topological polar surface area (TPSA) is 146 Å². The van der Waals surface area contributed by atoms with E-state index in [1.54, 1.807) is 12.1 Å². The van der Waals surface area contributed by atoms with E-state index in [2.05, 4.69) is 20.4 Å². The van der Waals surface area contributed by atoms with Gasteiger partial charge in [0, 0.05) is 17.6 Å². The Morgan fingerprint density at radius 1 is 1.43 bits per heavy atom. The summed E-state index contributed by atoms with van der Waals surface area (Å²) in [5.74, 6) is 0.0109. The second-order valence-corrected chi connectivity index (χ2v) is 8.05. The minimum absolute atomic E-state index is 0.00275. The monoisotopic (exact) mass is 426 g/mol. The number of rotatable bonds is 7. The highest BCUT2D eigenvalue weighted by atomic mass is 32.1. The van der Waals surface area contributed by atoms with Crippen molar-refractivity contribution in [3.05, 3.63) is 46.2 Å². The number of hydrogen-bond acceptors (Lipinski definition) is 10. The molecule has 0 saturated heterocycles. The summed E-state index contributed by atoms with van der Waals surface area (Å²) in [5.41, 5.74) is 7.56. The predicted octanol–water partition coefficient (Wildman–Crippen LogP) is 0.950. The van der Waals surface area contributed by atoms with E-state index < -0.39 is 12.9 Å². The molecule has 3 N–H and O–H groups in total. The molecule has 154 valence electrons. The Morgan fingerprint density at radius 3 is 3.00 bits per heavy atom. The van der Waals surface area contributed by atoms with Crippen LogP contribution in [0, 0.1) is 0 Å². The van der Waals surface area contributed by atoms with Crippen LogP contribution in [0.25, 0.3) is 0 Å². The van der Waals surface area contributed by atoms with E-state index in [1.165, 1.54) is 23.1 Å². The molecule has 0 fully saturated rings. The number of para-hydroxylation sites is 1. The summed E-state index contributed by atoms with van der Waals surface area (Å²) >= 11 is 1.33. The summed E-state index contributed by atoms with van der Waals surface area (Å²) in [7, 11) is -1.17. The molecule has 2 aromatic heterocycles. The molecular formula is C18H19BN6O4S. The van der Waals surface area contributed by atoms with Crippen molar-refractivity contribution in [2.24, 2.45) is 0 Å². The van der Waals surface area contributed by atoms with Gasteiger partial charge in [0.2, 0.25) is 0 Å². The Bertz CT molecular complexity index is 1100. The van der Waals surface area contributed by atoms with Crippen LogP contribution in [0.5, 0.6) is 5.75 Å². The first-order valence-electron chi connectivity index (χ1n) is 9.35. The number of carbonyl (C=O) groups is 2. The van der Waals surface area contributed by atoms with Crippen molar-refractivity contribution < 1.29 is 19.3 Å². The van der Waals surface area contributed by atoms with Gasteiger partial charge in [-0.15, -0.1) is 21.5 Å². The van der Waals surface area contributed by atoms with Crippen molar-refractivity contribution in [3.8, 4) is 5.75 Å². The lowest BCUT2D eigenvalue weighted by atomic mass is 9.64. The molecule has 30 heavy (non-hydrogen) atoms. The minimum Gasteiger partial charge on any atom is -0.535 e. The van der Waals surface area contributed by atoms with Crippen molar-refractivity contribution in [1.29, 1.82) is 0 Å². The Kier molecular flexibility index (Phi) is 5.60. The van der Waals surface area contributed by atoms with Gasteiger partial charge in [0.25, 0.3) is 0 Å². The number of thiazole rings is 1. The van der Waals surface area contributed by atoms with E-state index in [0.29, 0.717) is 35.2 Å². The normalized spacial score (nSPS) is 15.5. The van der Waals surface area contributed by atoms with Crippen molar-refractivity contribution >= 4 is 35.2 Å². The molecule has 1 atom stereocenters. The highest BCUT2D eigenvalue weighted by molar-refractivity contribution is 7.13. The number of ketones is 2. The second kappa shape index (κ2) is 8.32. The Balaban J connectivity index is 1.37. The number of benzene rings is 1. The van der Waals surface area contributed by atoms with Gasteiger partial charge in [-0.3, -0.25) is 9.59 Å². The average molecular weight is 426 g/mol. The van der Waals surface area contributed by atoms with Crippen LogP contribution in [-0.4, -0.2) is 48.9 Å². The van der Waals surface area contributed by atoms with Crippen LogP contribution in [0.1, 0.15) is 40.8 Å². The van der Waals surface area contributed by atoms with Crippen molar-refractivity contribution in [2.75, 3.05) is 5.73 Å². The zero-order chi connectivity index (χ0) is 21.3. The van der Waals surface area contributed by atoms with Gasteiger partial charge >= 0.3 is 7.12 Å². The first kappa shape index (κ1) is 20.2. The zero-order valence-electron chi connectivity index (χ0n) is 16.2. The Labute approximate surface area is 176 Å². The summed E-state index contributed by atoms with van der Waals surface area (Å²) in [6.45, 7) is 1.77. The summed E-state index contributed by atoms with van der Waals surface area (Å²) in [4.78, 5) is 29.8. The van der Waals surface area contributed by atoms with E-state index >= 15 is 0 Å². The van der Waals surface area contributed by atoms with E-state index in [1.807, 2.05) is 11.4 Å². The third-order valence-corrected chi connectivity index (χ3v) is 5.53. The lowest BCUT2D eigenvalue weighted by Crippen LogP contribution is -2.36. The van der Waals surface area contributed by atoms with Gasteiger partial charge in [0.15, 0.2) is 16.7 Å². The molecule has 10 nitrogen and oxygen atoms in total. The number of carbonyl (C=O) groups excluding carboxylic acids is 2. The Hall–Kier alpha value is -3.12. The van der Waals surface area contributed by atoms with Gasteiger partial charge in [-0.25, -0.2) is 4.98 Å². The molecule has 0 radical (unpaired) electrons. The Morgan fingerprint density at radius 2 is 2.27 bits per heavy atom. The van der Waals surface area contributed by atoms with E-state index in [-0.39, 0.29) is 24.4 Å². The highest BCUT2D eigenvalue weighted by Crippen LogP contribution is 2.36. The maximum Gasteiger partial charge on any atom is 0.526 e. The zero-order valence-corrected chi connectivity index (χ0v) is 17.0. The summed E-state index contributed by atoms with van der Waals surface area (Å²) in [5, 5.41) is 24.7. The number of nitrogens with zero attached hydrogens (tertiary/aromatic N) is 5. The molecule has 4 rings (SSSR count). The fraction of sp³-hybridized carbons (Fsp3) is 0.333. The predicted molar refractivity (Wildman–Crippen MR) is 109 cm³/mol. The molecule has 0 unspecified atom stereocenters. The standard InChI is InChI=1S/C18H19BN6O4S/c1-10(26)15-4-2-3-11-5-12(19(28)29-17(11)15)6-14(27)7-16-22-24-25(23-16)8-13-9-30-18(20)21-13/h2-4,9,12,28H,5-8H2,1H3,(H2,20,21)/t12-/m1/s1. The third kappa shape index (κ3) is 4.39. The van der Waals surface area contributed by atoms with Crippen LogP contribution in [0.3, 0.4) is 0 Å². The fourth-order valence-corrected chi connectivity index (χ4v) is 3.98. The van der Waals surface area contributed by atoms with E-state index in [9.17, 15) is 14.6 Å². The lowest BCUT2D eigenvalue weighted by molar-refractivity contribution is -0.118. The summed E-state index contributed by atoms with van der Waals surface area (Å²) in [6.07, 6.45) is 0.541. The van der Waals surface area contributed by atoms with Crippen LogP contribution >= 0.6 is 11.3 Å². The molecule has 1 aromatic carbocycles. The molecule has 1 aliphatic heterocycles. The van der Waals surface area contributed by atoms with Gasteiger partial charge in [-0.1, -0.05) is 12.1 Å². The minimum atomic E-state index is -1.17. The second-order valence-electron chi connectivity index (χ2n) is 7.16. The average Bonchev–Trinajstić information content (AvgIpc) is 3.30. The maximum atomic E-state index is 12.5. The van der Waals surface area contributed by atoms with Gasteiger partial charge in [-0.2, -0.15) is 4.80 Å². The van der Waals surface area contributed by atoms with Gasteiger partial charge in [-0.05, 0) is 30.2 Å². The fourth-order valence-electron chi connectivity index (χ4n) is 3.43. The number of fused-ring (bicyclic) bond motifs is 1. The summed E-state index contributed by atoms with van der Waals surface area (Å²) in [6, 6.07) is 5.27. The lowest BCUT2D eigenvalue weighted by Gasteiger charge is -2.28. The molecule has 3 heterocycles. The molecule has 0 spiro atoms. The number of aromatic nitrogens is 5. The molecule has 3 aromatic rings. The van der Waals surface area contributed by atoms with Crippen molar-refractivity contribution in [2.45, 2.75) is 38.5 Å². The first-order valence-corrected chi connectivity index (χ1v) is 10.2.